The van der Waals surface area contributed by atoms with Crippen molar-refractivity contribution in [3.63, 3.8) is 0 Å². The third-order valence-corrected chi connectivity index (χ3v) is 5.99. The highest BCUT2D eigenvalue weighted by molar-refractivity contribution is 6.30. The summed E-state index contributed by atoms with van der Waals surface area (Å²) in [6.07, 6.45) is 1.46. The SMILES string of the molecule is COc1ccc(NC(=O)Cn2cc(C(=O)c3ccc(Cl)cc3)c(=O)c3cc(C)c(C)cc32)cc1. The first kappa shape index (κ1) is 23.3. The topological polar surface area (TPSA) is 77.4 Å². The second-order valence-corrected chi connectivity index (χ2v) is 8.50. The van der Waals surface area contributed by atoms with Gasteiger partial charge in [-0.3, -0.25) is 14.4 Å². The van der Waals surface area contributed by atoms with Crippen LogP contribution >= 0.6 is 11.6 Å². The number of carbonyl (C=O) groups excluding carboxylic acids is 2. The zero-order chi connectivity index (χ0) is 24.4. The van der Waals surface area contributed by atoms with Gasteiger partial charge in [-0.05, 0) is 85.6 Å². The molecule has 7 heteroatoms. The maximum absolute atomic E-state index is 13.3. The second kappa shape index (κ2) is 9.53. The van der Waals surface area contributed by atoms with E-state index in [2.05, 4.69) is 5.32 Å². The van der Waals surface area contributed by atoms with E-state index < -0.39 is 5.78 Å². The Morgan fingerprint density at radius 2 is 1.62 bits per heavy atom. The molecule has 0 atom stereocenters. The number of anilines is 1. The Bertz CT molecular complexity index is 1460. The molecule has 0 radical (unpaired) electrons. The minimum atomic E-state index is -0.425. The molecule has 0 spiro atoms. The quantitative estimate of drug-likeness (QED) is 0.392. The summed E-state index contributed by atoms with van der Waals surface area (Å²) >= 11 is 5.94. The number of amides is 1. The molecule has 0 aliphatic heterocycles. The molecule has 1 N–H and O–H groups in total. The zero-order valence-electron chi connectivity index (χ0n) is 19.0. The van der Waals surface area contributed by atoms with E-state index in [0.717, 1.165) is 11.1 Å². The third-order valence-electron chi connectivity index (χ3n) is 5.73. The van der Waals surface area contributed by atoms with Gasteiger partial charge in [-0.2, -0.15) is 0 Å². The molecule has 0 fully saturated rings. The van der Waals surface area contributed by atoms with Crippen LogP contribution in [0.5, 0.6) is 5.75 Å². The Labute approximate surface area is 201 Å². The van der Waals surface area contributed by atoms with Crippen molar-refractivity contribution in [3.8, 4) is 5.75 Å². The lowest BCUT2D eigenvalue weighted by Gasteiger charge is -2.15. The van der Waals surface area contributed by atoms with Gasteiger partial charge in [-0.1, -0.05) is 11.6 Å². The number of ether oxygens (including phenoxy) is 1. The summed E-state index contributed by atoms with van der Waals surface area (Å²) in [5, 5.41) is 3.72. The number of aryl methyl sites for hydroxylation is 2. The summed E-state index contributed by atoms with van der Waals surface area (Å²) in [5.74, 6) is -0.0371. The number of benzene rings is 3. The lowest BCUT2D eigenvalue weighted by atomic mass is 10.00. The van der Waals surface area contributed by atoms with E-state index in [1.165, 1.54) is 6.20 Å². The van der Waals surface area contributed by atoms with Crippen LogP contribution < -0.4 is 15.5 Å². The van der Waals surface area contributed by atoms with Gasteiger partial charge in [0.05, 0.1) is 18.2 Å². The number of nitrogens with one attached hydrogen (secondary N) is 1. The summed E-state index contributed by atoms with van der Waals surface area (Å²) in [6, 6.07) is 17.0. The molecule has 4 rings (SSSR count). The maximum atomic E-state index is 13.3. The smallest absolute Gasteiger partial charge is 0.244 e. The fourth-order valence-corrected chi connectivity index (χ4v) is 3.85. The Morgan fingerprint density at radius 3 is 2.26 bits per heavy atom. The van der Waals surface area contributed by atoms with E-state index in [9.17, 15) is 14.4 Å². The lowest BCUT2D eigenvalue weighted by Crippen LogP contribution is -2.24. The van der Waals surface area contributed by atoms with Gasteiger partial charge in [0, 0.05) is 27.9 Å². The van der Waals surface area contributed by atoms with Crippen molar-refractivity contribution in [1.29, 1.82) is 0 Å². The molecule has 1 heterocycles. The van der Waals surface area contributed by atoms with Crippen molar-refractivity contribution in [2.24, 2.45) is 0 Å². The highest BCUT2D eigenvalue weighted by Crippen LogP contribution is 2.21. The monoisotopic (exact) mass is 474 g/mol. The number of hydrogen-bond acceptors (Lipinski definition) is 4. The van der Waals surface area contributed by atoms with Gasteiger partial charge in [0.2, 0.25) is 11.3 Å². The molecule has 6 nitrogen and oxygen atoms in total. The average molecular weight is 475 g/mol. The van der Waals surface area contributed by atoms with Gasteiger partial charge in [0.25, 0.3) is 0 Å². The van der Waals surface area contributed by atoms with Crippen LogP contribution in [0, 0.1) is 13.8 Å². The number of nitrogens with zero attached hydrogens (tertiary/aromatic N) is 1. The first-order valence-corrected chi connectivity index (χ1v) is 11.0. The number of aromatic nitrogens is 1. The fourth-order valence-electron chi connectivity index (χ4n) is 3.73. The normalized spacial score (nSPS) is 10.8. The van der Waals surface area contributed by atoms with Gasteiger partial charge >= 0.3 is 0 Å². The van der Waals surface area contributed by atoms with Crippen molar-refractivity contribution >= 4 is 39.9 Å². The maximum Gasteiger partial charge on any atom is 0.244 e. The van der Waals surface area contributed by atoms with Gasteiger partial charge in [0.15, 0.2) is 5.78 Å². The van der Waals surface area contributed by atoms with E-state index in [4.69, 9.17) is 16.3 Å². The van der Waals surface area contributed by atoms with Crippen LogP contribution in [0.25, 0.3) is 10.9 Å². The summed E-state index contributed by atoms with van der Waals surface area (Å²) in [7, 11) is 1.57. The number of rotatable bonds is 6. The summed E-state index contributed by atoms with van der Waals surface area (Å²) in [4.78, 5) is 39.3. The van der Waals surface area contributed by atoms with Crippen molar-refractivity contribution in [2.75, 3.05) is 12.4 Å². The van der Waals surface area contributed by atoms with Crippen molar-refractivity contribution in [3.05, 3.63) is 104 Å². The van der Waals surface area contributed by atoms with Crippen LogP contribution in [0.15, 0.2) is 71.7 Å². The van der Waals surface area contributed by atoms with Gasteiger partial charge in [0.1, 0.15) is 12.3 Å². The Morgan fingerprint density at radius 1 is 0.971 bits per heavy atom. The molecule has 1 aromatic heterocycles. The molecule has 0 aliphatic carbocycles. The minimum Gasteiger partial charge on any atom is -0.497 e. The summed E-state index contributed by atoms with van der Waals surface area (Å²) in [5.41, 5.74) is 3.08. The number of ketones is 1. The molecule has 4 aromatic rings. The Balaban J connectivity index is 1.76. The van der Waals surface area contributed by atoms with Crippen molar-refractivity contribution in [2.45, 2.75) is 20.4 Å². The predicted octanol–water partition coefficient (Wildman–Crippen LogP) is 5.15. The molecule has 0 saturated heterocycles. The molecule has 172 valence electrons. The van der Waals surface area contributed by atoms with Crippen LogP contribution in [0.3, 0.4) is 0 Å². The van der Waals surface area contributed by atoms with Crippen LogP contribution in [-0.2, 0) is 11.3 Å². The van der Waals surface area contributed by atoms with Crippen LogP contribution in [0.1, 0.15) is 27.0 Å². The number of hydrogen-bond donors (Lipinski definition) is 1. The fraction of sp³-hybridized carbons (Fsp3) is 0.148. The van der Waals surface area contributed by atoms with E-state index in [0.29, 0.717) is 32.9 Å². The average Bonchev–Trinajstić information content (AvgIpc) is 2.82. The van der Waals surface area contributed by atoms with Gasteiger partial charge in [-0.15, -0.1) is 0 Å². The first-order valence-electron chi connectivity index (χ1n) is 10.7. The molecule has 3 aromatic carbocycles. The van der Waals surface area contributed by atoms with E-state index in [1.807, 2.05) is 19.9 Å². The number of halogens is 1. The molecule has 0 saturated carbocycles. The molecule has 0 unspecified atom stereocenters. The number of fused-ring (bicyclic) bond motifs is 1. The number of carbonyl (C=O) groups is 2. The summed E-state index contributed by atoms with van der Waals surface area (Å²) < 4.78 is 6.79. The lowest BCUT2D eigenvalue weighted by molar-refractivity contribution is -0.116. The highest BCUT2D eigenvalue weighted by Gasteiger charge is 2.19. The van der Waals surface area contributed by atoms with Crippen molar-refractivity contribution in [1.82, 2.24) is 4.57 Å². The number of pyridine rings is 1. The van der Waals surface area contributed by atoms with E-state index in [-0.39, 0.29) is 23.4 Å². The van der Waals surface area contributed by atoms with E-state index in [1.54, 1.807) is 66.3 Å². The second-order valence-electron chi connectivity index (χ2n) is 8.07. The van der Waals surface area contributed by atoms with Crippen molar-refractivity contribution < 1.29 is 14.3 Å². The van der Waals surface area contributed by atoms with Crippen LogP contribution in [-0.4, -0.2) is 23.4 Å². The van der Waals surface area contributed by atoms with Crippen LogP contribution in [0.2, 0.25) is 5.02 Å². The number of methoxy groups -OCH3 is 1. The molecular formula is C27H23ClN2O4. The zero-order valence-corrected chi connectivity index (χ0v) is 19.8. The Hall–Kier alpha value is -3.90. The van der Waals surface area contributed by atoms with E-state index >= 15 is 0 Å². The molecule has 34 heavy (non-hydrogen) atoms. The standard InChI is InChI=1S/C27H23ClN2O4/c1-16-12-22-24(13-17(16)2)30(15-25(31)29-20-8-10-21(34-3)11-9-20)14-23(27(22)33)26(32)18-4-6-19(28)7-5-18/h4-14H,15H2,1-3H3,(H,29,31). The van der Waals surface area contributed by atoms with Crippen LogP contribution in [0.4, 0.5) is 5.69 Å². The first-order chi connectivity index (χ1) is 16.3. The summed E-state index contributed by atoms with van der Waals surface area (Å²) in [6.45, 7) is 3.77. The third kappa shape index (κ3) is 4.72. The molecule has 0 aliphatic rings. The molecule has 1 amide bonds. The predicted molar refractivity (Wildman–Crippen MR) is 134 cm³/mol. The largest absolute Gasteiger partial charge is 0.497 e. The van der Waals surface area contributed by atoms with Gasteiger partial charge in [-0.25, -0.2) is 0 Å². The Kier molecular flexibility index (Phi) is 6.52. The molecule has 0 bridgehead atoms. The molecular weight excluding hydrogens is 452 g/mol. The van der Waals surface area contributed by atoms with Gasteiger partial charge < -0.3 is 14.6 Å². The minimum absolute atomic E-state index is 0.00433. The highest BCUT2D eigenvalue weighted by atomic mass is 35.5.